The molecule has 1 aliphatic rings. The molecule has 0 aliphatic carbocycles. The minimum Gasteiger partial charge on any atom is -0.493 e. The van der Waals surface area contributed by atoms with Crippen LogP contribution < -0.4 is 15.0 Å². The molecule has 3 aromatic rings. The van der Waals surface area contributed by atoms with Gasteiger partial charge in [-0.1, -0.05) is 23.9 Å². The van der Waals surface area contributed by atoms with Crippen LogP contribution in [-0.2, 0) is 12.2 Å². The smallest absolute Gasteiger partial charge is 0.272 e. The molecule has 1 aliphatic heterocycles. The average Bonchev–Trinajstić information content (AvgIpc) is 3.21. The first-order chi connectivity index (χ1) is 14.1. The minimum absolute atomic E-state index is 0.0912. The molecule has 0 bridgehead atoms. The summed E-state index contributed by atoms with van der Waals surface area (Å²) in [5.41, 5.74) is 2.22. The lowest BCUT2D eigenvalue weighted by molar-refractivity contribution is 0.354. The number of aromatic nitrogens is 2. The lowest BCUT2D eigenvalue weighted by Gasteiger charge is -2.15. The summed E-state index contributed by atoms with van der Waals surface area (Å²) < 4.78 is 25.8. The quantitative estimate of drug-likeness (QED) is 0.429. The highest BCUT2D eigenvalue weighted by molar-refractivity contribution is 7.99. The maximum absolute atomic E-state index is 13.5. The fourth-order valence-electron chi connectivity index (χ4n) is 3.16. The molecule has 2 aromatic carbocycles. The Kier molecular flexibility index (Phi) is 5.82. The summed E-state index contributed by atoms with van der Waals surface area (Å²) in [4.78, 5) is 18.7. The van der Waals surface area contributed by atoms with Gasteiger partial charge >= 0.3 is 0 Å². The molecule has 150 valence electrons. The second-order valence-corrected chi connectivity index (χ2v) is 8.41. The number of thioether (sulfide) groups is 2. The lowest BCUT2D eigenvalue weighted by Crippen LogP contribution is -2.23. The van der Waals surface area contributed by atoms with Crippen LogP contribution in [0.25, 0.3) is 5.69 Å². The number of hydrogen-bond donors (Lipinski definition) is 0. The maximum Gasteiger partial charge on any atom is 0.272 e. The number of aryl methyl sites for hydroxylation is 1. The maximum atomic E-state index is 13.5. The molecule has 0 radical (unpaired) electrons. The Hall–Kier alpha value is -2.45. The van der Waals surface area contributed by atoms with Gasteiger partial charge in [-0.05, 0) is 29.8 Å². The van der Waals surface area contributed by atoms with Gasteiger partial charge < -0.3 is 9.47 Å². The molecule has 0 fully saturated rings. The van der Waals surface area contributed by atoms with Gasteiger partial charge in [-0.2, -0.15) is 0 Å². The van der Waals surface area contributed by atoms with Crippen LogP contribution in [0.4, 0.5) is 4.39 Å². The Morgan fingerprint density at radius 1 is 1.17 bits per heavy atom. The molecule has 0 unspecified atom stereocenters. The number of fused-ring (bicyclic) bond motifs is 1. The van der Waals surface area contributed by atoms with Crippen LogP contribution in [0.2, 0.25) is 0 Å². The summed E-state index contributed by atoms with van der Waals surface area (Å²) in [6, 6.07) is 11.8. The Balaban J connectivity index is 1.79. The Morgan fingerprint density at radius 2 is 2.00 bits per heavy atom. The highest BCUT2D eigenvalue weighted by Gasteiger charge is 2.23. The van der Waals surface area contributed by atoms with Crippen molar-refractivity contribution in [1.82, 2.24) is 9.55 Å². The number of halogens is 1. The number of methoxy groups -OCH3 is 2. The molecular formula is C21H19FN2O3S2. The van der Waals surface area contributed by atoms with Gasteiger partial charge in [0.2, 0.25) is 0 Å². The van der Waals surface area contributed by atoms with E-state index in [1.54, 1.807) is 37.0 Å². The molecule has 29 heavy (non-hydrogen) atoms. The first kappa shape index (κ1) is 19.8. The predicted octanol–water partition coefficient (Wildman–Crippen LogP) is 4.33. The molecule has 0 N–H and O–H groups in total. The summed E-state index contributed by atoms with van der Waals surface area (Å²) in [5, 5.41) is 0.577. The van der Waals surface area contributed by atoms with Crippen molar-refractivity contribution in [3.05, 3.63) is 69.9 Å². The van der Waals surface area contributed by atoms with Crippen molar-refractivity contribution in [3.8, 4) is 17.2 Å². The first-order valence-corrected chi connectivity index (χ1v) is 11.0. The molecule has 0 spiro atoms. The minimum atomic E-state index is -0.279. The third kappa shape index (κ3) is 4.00. The SMILES string of the molecule is COc1ccc(-n2c(SCc3cccc(F)c3)nc3c(c2=O)SCC3)cc1OC. The standard InChI is InChI=1S/C21H19FN2O3S2/c1-26-17-7-6-15(11-18(17)27-2)24-20(25)19-16(8-9-28-19)23-21(24)29-12-13-4-3-5-14(22)10-13/h3-7,10-11H,8-9,12H2,1-2H3. The number of nitrogens with zero attached hydrogens (tertiary/aromatic N) is 2. The van der Waals surface area contributed by atoms with Crippen LogP contribution in [0, 0.1) is 5.82 Å². The Bertz CT molecular complexity index is 1120. The topological polar surface area (TPSA) is 53.4 Å². The molecule has 4 rings (SSSR count). The average molecular weight is 431 g/mol. The van der Waals surface area contributed by atoms with E-state index in [-0.39, 0.29) is 11.4 Å². The van der Waals surface area contributed by atoms with Crippen LogP contribution in [0.1, 0.15) is 11.3 Å². The van der Waals surface area contributed by atoms with Gasteiger partial charge in [-0.15, -0.1) is 11.8 Å². The Morgan fingerprint density at radius 3 is 2.76 bits per heavy atom. The summed E-state index contributed by atoms with van der Waals surface area (Å²) in [5.74, 6) is 2.19. The summed E-state index contributed by atoms with van der Waals surface area (Å²) in [7, 11) is 3.12. The highest BCUT2D eigenvalue weighted by atomic mass is 32.2. The zero-order valence-corrected chi connectivity index (χ0v) is 17.6. The van der Waals surface area contributed by atoms with Gasteiger partial charge in [-0.25, -0.2) is 9.37 Å². The van der Waals surface area contributed by atoms with E-state index >= 15 is 0 Å². The van der Waals surface area contributed by atoms with Crippen molar-refractivity contribution < 1.29 is 13.9 Å². The van der Waals surface area contributed by atoms with E-state index in [0.717, 1.165) is 23.4 Å². The fourth-order valence-corrected chi connectivity index (χ4v) is 5.15. The molecule has 0 saturated carbocycles. The van der Waals surface area contributed by atoms with Crippen LogP contribution >= 0.6 is 23.5 Å². The van der Waals surface area contributed by atoms with Crippen molar-refractivity contribution in [2.24, 2.45) is 0 Å². The third-order valence-corrected chi connectivity index (χ3v) is 6.67. The monoisotopic (exact) mass is 430 g/mol. The number of benzene rings is 2. The summed E-state index contributed by atoms with van der Waals surface area (Å²) >= 11 is 2.95. The molecule has 0 amide bonds. The largest absolute Gasteiger partial charge is 0.493 e. The van der Waals surface area contributed by atoms with E-state index in [9.17, 15) is 9.18 Å². The zero-order chi connectivity index (χ0) is 20.4. The molecule has 2 heterocycles. The van der Waals surface area contributed by atoms with E-state index in [1.165, 1.54) is 35.7 Å². The summed E-state index contributed by atoms with van der Waals surface area (Å²) in [6.45, 7) is 0. The van der Waals surface area contributed by atoms with Gasteiger partial charge in [0, 0.05) is 24.0 Å². The van der Waals surface area contributed by atoms with Crippen molar-refractivity contribution in [2.45, 2.75) is 22.2 Å². The van der Waals surface area contributed by atoms with Gasteiger partial charge in [-0.3, -0.25) is 9.36 Å². The molecule has 0 saturated heterocycles. The van der Waals surface area contributed by atoms with E-state index in [0.29, 0.717) is 33.0 Å². The zero-order valence-electron chi connectivity index (χ0n) is 16.0. The van der Waals surface area contributed by atoms with Gasteiger partial charge in [0.15, 0.2) is 16.7 Å². The summed E-state index contributed by atoms with van der Waals surface area (Å²) in [6.07, 6.45) is 0.773. The number of rotatable bonds is 6. The second-order valence-electron chi connectivity index (χ2n) is 6.37. The molecular weight excluding hydrogens is 411 g/mol. The van der Waals surface area contributed by atoms with E-state index in [4.69, 9.17) is 14.5 Å². The Labute approximate surface area is 176 Å². The molecule has 0 atom stereocenters. The van der Waals surface area contributed by atoms with Crippen molar-refractivity contribution in [1.29, 1.82) is 0 Å². The number of ether oxygens (including phenoxy) is 2. The number of hydrogen-bond acceptors (Lipinski definition) is 6. The van der Waals surface area contributed by atoms with Crippen molar-refractivity contribution in [2.75, 3.05) is 20.0 Å². The second kappa shape index (κ2) is 8.51. The molecule has 5 nitrogen and oxygen atoms in total. The predicted molar refractivity (Wildman–Crippen MR) is 113 cm³/mol. The van der Waals surface area contributed by atoms with Crippen LogP contribution in [0.3, 0.4) is 0 Å². The van der Waals surface area contributed by atoms with Gasteiger partial charge in [0.25, 0.3) is 5.56 Å². The van der Waals surface area contributed by atoms with Gasteiger partial charge in [0.05, 0.1) is 30.5 Å². The first-order valence-electron chi connectivity index (χ1n) is 8.99. The lowest BCUT2D eigenvalue weighted by atomic mass is 10.2. The molecule has 1 aromatic heterocycles. The van der Waals surface area contributed by atoms with E-state index in [1.807, 2.05) is 12.1 Å². The van der Waals surface area contributed by atoms with Crippen molar-refractivity contribution in [3.63, 3.8) is 0 Å². The van der Waals surface area contributed by atoms with E-state index < -0.39 is 0 Å². The van der Waals surface area contributed by atoms with Crippen LogP contribution in [0.15, 0.2) is 57.3 Å². The highest BCUT2D eigenvalue weighted by Crippen LogP contribution is 2.33. The normalized spacial score (nSPS) is 12.7. The van der Waals surface area contributed by atoms with Gasteiger partial charge in [0.1, 0.15) is 5.82 Å². The molecule has 8 heteroatoms. The fraction of sp³-hybridized carbons (Fsp3) is 0.238. The third-order valence-electron chi connectivity index (χ3n) is 4.55. The van der Waals surface area contributed by atoms with E-state index in [2.05, 4.69) is 0 Å². The van der Waals surface area contributed by atoms with Crippen molar-refractivity contribution >= 4 is 23.5 Å². The van der Waals surface area contributed by atoms with Crippen LogP contribution in [0.5, 0.6) is 11.5 Å². The van der Waals surface area contributed by atoms with Crippen LogP contribution in [-0.4, -0.2) is 29.5 Å².